The Morgan fingerprint density at radius 3 is 2.56 bits per heavy atom. The molecule has 0 atom stereocenters. The van der Waals surface area contributed by atoms with Crippen LogP contribution in [0.25, 0.3) is 0 Å². The number of hydrogen-bond acceptors (Lipinski definition) is 4. The number of anilines is 2. The number of carbonyl (C=O) groups is 1. The fourth-order valence-corrected chi connectivity index (χ4v) is 3.15. The van der Waals surface area contributed by atoms with Crippen LogP contribution >= 0.6 is 0 Å². The van der Waals surface area contributed by atoms with Crippen molar-refractivity contribution in [3.63, 3.8) is 0 Å². The molecule has 0 spiro atoms. The molecule has 1 heterocycles. The summed E-state index contributed by atoms with van der Waals surface area (Å²) >= 11 is 0. The maximum Gasteiger partial charge on any atom is 0.321 e. The maximum atomic E-state index is 12.3. The first kappa shape index (κ1) is 19.0. The molecule has 1 fully saturated rings. The molecule has 2 N–H and O–H groups in total. The smallest absolute Gasteiger partial charge is 0.321 e. The number of amides is 2. The first-order chi connectivity index (χ1) is 13.1. The highest BCUT2D eigenvalue weighted by Crippen LogP contribution is 2.27. The van der Waals surface area contributed by atoms with Crippen LogP contribution in [0.1, 0.15) is 16.7 Å². The summed E-state index contributed by atoms with van der Waals surface area (Å²) in [6.07, 6.45) is 0. The van der Waals surface area contributed by atoms with E-state index >= 15 is 0 Å². The normalized spacial score (nSPS) is 14.0. The Morgan fingerprint density at radius 2 is 1.78 bits per heavy atom. The highest BCUT2D eigenvalue weighted by Gasteiger charge is 2.15. The molecule has 3 rings (SSSR count). The SMILES string of the molecule is Cc1ccc(C)c(OCNC(=O)Nc2ccccc2N2CCOCC2)c1C. The van der Waals surface area contributed by atoms with Gasteiger partial charge in [0.05, 0.1) is 24.6 Å². The van der Waals surface area contributed by atoms with Crippen LogP contribution in [0.3, 0.4) is 0 Å². The van der Waals surface area contributed by atoms with Crippen molar-refractivity contribution in [3.05, 3.63) is 53.1 Å². The number of carbonyl (C=O) groups excluding carboxylic acids is 1. The van der Waals surface area contributed by atoms with Gasteiger partial charge in [-0.2, -0.15) is 0 Å². The number of nitrogens with one attached hydrogen (secondary N) is 2. The van der Waals surface area contributed by atoms with E-state index in [1.54, 1.807) is 0 Å². The molecule has 144 valence electrons. The van der Waals surface area contributed by atoms with E-state index in [-0.39, 0.29) is 12.8 Å². The van der Waals surface area contributed by atoms with Crippen molar-refractivity contribution < 1.29 is 14.3 Å². The second-order valence-corrected chi connectivity index (χ2v) is 6.69. The molecule has 2 aromatic rings. The van der Waals surface area contributed by atoms with E-state index in [0.717, 1.165) is 41.3 Å². The number of rotatable bonds is 5. The third-order valence-electron chi connectivity index (χ3n) is 4.83. The molecule has 6 nitrogen and oxygen atoms in total. The second kappa shape index (κ2) is 8.77. The van der Waals surface area contributed by atoms with Gasteiger partial charge in [0, 0.05) is 13.1 Å². The van der Waals surface area contributed by atoms with Gasteiger partial charge in [0.25, 0.3) is 0 Å². The minimum Gasteiger partial charge on any atom is -0.473 e. The second-order valence-electron chi connectivity index (χ2n) is 6.69. The fraction of sp³-hybridized carbons (Fsp3) is 0.381. The fourth-order valence-electron chi connectivity index (χ4n) is 3.15. The summed E-state index contributed by atoms with van der Waals surface area (Å²) in [4.78, 5) is 14.5. The molecular weight excluding hydrogens is 342 g/mol. The molecule has 0 bridgehead atoms. The van der Waals surface area contributed by atoms with Crippen molar-refractivity contribution in [2.75, 3.05) is 43.3 Å². The van der Waals surface area contributed by atoms with Crippen molar-refractivity contribution in [1.29, 1.82) is 0 Å². The topological polar surface area (TPSA) is 62.8 Å². The highest BCUT2D eigenvalue weighted by atomic mass is 16.5. The number of nitrogens with zero attached hydrogens (tertiary/aromatic N) is 1. The van der Waals surface area contributed by atoms with Gasteiger partial charge in [0.1, 0.15) is 5.75 Å². The van der Waals surface area contributed by atoms with Crippen molar-refractivity contribution >= 4 is 17.4 Å². The minimum atomic E-state index is -0.293. The zero-order valence-electron chi connectivity index (χ0n) is 16.2. The predicted molar refractivity (Wildman–Crippen MR) is 108 cm³/mol. The summed E-state index contributed by atoms with van der Waals surface area (Å²) < 4.78 is 11.2. The summed E-state index contributed by atoms with van der Waals surface area (Å²) in [5.41, 5.74) is 5.09. The van der Waals surface area contributed by atoms with Gasteiger partial charge >= 0.3 is 6.03 Å². The minimum absolute atomic E-state index is 0.108. The molecule has 1 saturated heterocycles. The zero-order valence-corrected chi connectivity index (χ0v) is 16.2. The molecule has 27 heavy (non-hydrogen) atoms. The maximum absolute atomic E-state index is 12.3. The Hall–Kier alpha value is -2.73. The summed E-state index contributed by atoms with van der Waals surface area (Å²) in [6.45, 7) is 9.20. The van der Waals surface area contributed by atoms with Crippen molar-refractivity contribution in [3.8, 4) is 5.75 Å². The number of urea groups is 1. The molecule has 0 saturated carbocycles. The van der Waals surface area contributed by atoms with Crippen LogP contribution in [-0.4, -0.2) is 39.1 Å². The van der Waals surface area contributed by atoms with Crippen LogP contribution in [0.15, 0.2) is 36.4 Å². The molecule has 1 aliphatic heterocycles. The predicted octanol–water partition coefficient (Wildman–Crippen LogP) is 3.61. The lowest BCUT2D eigenvalue weighted by Crippen LogP contribution is -2.37. The summed E-state index contributed by atoms with van der Waals surface area (Å²) in [5.74, 6) is 0.823. The number of morpholine rings is 1. The standard InChI is InChI=1S/C21H27N3O3/c1-15-8-9-16(2)20(17(15)3)27-14-22-21(25)23-18-6-4-5-7-19(18)24-10-12-26-13-11-24/h4-9H,10-14H2,1-3H3,(H2,22,23,25). The average molecular weight is 369 g/mol. The van der Waals surface area contributed by atoms with Gasteiger partial charge in [-0.05, 0) is 49.6 Å². The molecule has 2 aromatic carbocycles. The molecule has 6 heteroatoms. The quantitative estimate of drug-likeness (QED) is 0.791. The van der Waals surface area contributed by atoms with E-state index in [1.807, 2.05) is 51.1 Å². The lowest BCUT2D eigenvalue weighted by atomic mass is 10.1. The zero-order chi connectivity index (χ0) is 19.2. The van der Waals surface area contributed by atoms with Crippen LogP contribution in [0.2, 0.25) is 0 Å². The number of para-hydroxylation sites is 2. The van der Waals surface area contributed by atoms with Gasteiger partial charge < -0.3 is 25.0 Å². The van der Waals surface area contributed by atoms with Gasteiger partial charge in [0.15, 0.2) is 6.73 Å². The summed E-state index contributed by atoms with van der Waals surface area (Å²) in [6, 6.07) is 11.6. The highest BCUT2D eigenvalue weighted by molar-refractivity contribution is 5.93. The summed E-state index contributed by atoms with van der Waals surface area (Å²) in [5, 5.41) is 5.69. The van der Waals surface area contributed by atoms with Gasteiger partial charge in [-0.15, -0.1) is 0 Å². The monoisotopic (exact) mass is 369 g/mol. The van der Waals surface area contributed by atoms with E-state index < -0.39 is 0 Å². The largest absolute Gasteiger partial charge is 0.473 e. The van der Waals surface area contributed by atoms with E-state index in [4.69, 9.17) is 9.47 Å². The molecule has 1 aliphatic rings. The Kier molecular flexibility index (Phi) is 6.19. The lowest BCUT2D eigenvalue weighted by Gasteiger charge is -2.30. The van der Waals surface area contributed by atoms with Gasteiger partial charge in [-0.1, -0.05) is 24.3 Å². The van der Waals surface area contributed by atoms with E-state index in [0.29, 0.717) is 13.2 Å². The van der Waals surface area contributed by atoms with Crippen LogP contribution < -0.4 is 20.3 Å². The molecule has 0 unspecified atom stereocenters. The number of benzene rings is 2. The molecule has 0 aliphatic carbocycles. The number of hydrogen-bond donors (Lipinski definition) is 2. The van der Waals surface area contributed by atoms with E-state index in [2.05, 4.69) is 21.6 Å². The van der Waals surface area contributed by atoms with Crippen LogP contribution in [0, 0.1) is 20.8 Å². The van der Waals surface area contributed by atoms with Crippen molar-refractivity contribution in [2.24, 2.45) is 0 Å². The molecule has 2 amide bonds. The molecular formula is C21H27N3O3. The number of aryl methyl sites for hydroxylation is 2. The third kappa shape index (κ3) is 4.71. The van der Waals surface area contributed by atoms with Crippen LogP contribution in [-0.2, 0) is 4.74 Å². The summed E-state index contributed by atoms with van der Waals surface area (Å²) in [7, 11) is 0. The Balaban J connectivity index is 1.58. The molecule has 0 aromatic heterocycles. The van der Waals surface area contributed by atoms with E-state index in [1.165, 1.54) is 5.56 Å². The molecule has 0 radical (unpaired) electrons. The Labute approximate surface area is 160 Å². The van der Waals surface area contributed by atoms with Crippen molar-refractivity contribution in [1.82, 2.24) is 5.32 Å². The van der Waals surface area contributed by atoms with Gasteiger partial charge in [-0.3, -0.25) is 0 Å². The van der Waals surface area contributed by atoms with Gasteiger partial charge in [0.2, 0.25) is 0 Å². The Bertz CT molecular complexity index is 801. The van der Waals surface area contributed by atoms with Gasteiger partial charge in [-0.25, -0.2) is 4.79 Å². The van der Waals surface area contributed by atoms with Crippen LogP contribution in [0.4, 0.5) is 16.2 Å². The first-order valence-electron chi connectivity index (χ1n) is 9.22. The first-order valence-corrected chi connectivity index (χ1v) is 9.22. The average Bonchev–Trinajstić information content (AvgIpc) is 2.69. The van der Waals surface area contributed by atoms with Crippen LogP contribution in [0.5, 0.6) is 5.75 Å². The number of ether oxygens (including phenoxy) is 2. The van der Waals surface area contributed by atoms with Crippen molar-refractivity contribution in [2.45, 2.75) is 20.8 Å². The lowest BCUT2D eigenvalue weighted by molar-refractivity contribution is 0.123. The third-order valence-corrected chi connectivity index (χ3v) is 4.83. The van der Waals surface area contributed by atoms with E-state index in [9.17, 15) is 4.79 Å². The Morgan fingerprint density at radius 1 is 1.07 bits per heavy atom.